The van der Waals surface area contributed by atoms with Gasteiger partial charge in [-0.2, -0.15) is 0 Å². The number of hydrogen-bond donors (Lipinski definition) is 0. The zero-order chi connectivity index (χ0) is 17.6. The summed E-state index contributed by atoms with van der Waals surface area (Å²) >= 11 is 0. The molecule has 1 aliphatic rings. The molecule has 2 rings (SSSR count). The lowest BCUT2D eigenvalue weighted by atomic mass is 10.0. The summed E-state index contributed by atoms with van der Waals surface area (Å²) in [5, 5.41) is 0. The maximum Gasteiger partial charge on any atom is 0.122 e. The molecule has 0 aliphatic carbocycles. The van der Waals surface area contributed by atoms with Crippen LogP contribution in [-0.2, 0) is 11.2 Å². The highest BCUT2D eigenvalue weighted by atomic mass is 16.6. The van der Waals surface area contributed by atoms with Gasteiger partial charge >= 0.3 is 0 Å². The minimum Gasteiger partial charge on any atom is -0.491 e. The van der Waals surface area contributed by atoms with Crippen molar-refractivity contribution in [2.24, 2.45) is 0 Å². The second-order valence-electron chi connectivity index (χ2n) is 7.15. The number of unbranched alkanes of at least 4 members (excludes halogenated alkanes) is 8. The quantitative estimate of drug-likeness (QED) is 0.206. The summed E-state index contributed by atoms with van der Waals surface area (Å²) in [5.74, 6) is 1.05. The van der Waals surface area contributed by atoms with Crippen molar-refractivity contribution in [2.75, 3.05) is 13.2 Å². The van der Waals surface area contributed by atoms with Gasteiger partial charge in [-0.15, -0.1) is 0 Å². The monoisotopic (exact) mass is 344 g/mol. The van der Waals surface area contributed by atoms with Gasteiger partial charge in [0.2, 0.25) is 0 Å². The normalized spacial score (nSPS) is 16.4. The molecule has 2 nitrogen and oxygen atoms in total. The highest BCUT2D eigenvalue weighted by Crippen LogP contribution is 2.22. The average molecular weight is 345 g/mol. The van der Waals surface area contributed by atoms with Crippen molar-refractivity contribution in [1.29, 1.82) is 0 Å². The third-order valence-electron chi connectivity index (χ3n) is 4.76. The first-order valence-corrected chi connectivity index (χ1v) is 10.4. The van der Waals surface area contributed by atoms with Crippen LogP contribution in [0.25, 0.3) is 0 Å². The Balaban J connectivity index is 1.47. The number of allylic oxidation sites excluding steroid dienone is 2. The summed E-state index contributed by atoms with van der Waals surface area (Å²) in [6.45, 7) is 3.81. The molecular weight excluding hydrogens is 308 g/mol. The van der Waals surface area contributed by atoms with Crippen molar-refractivity contribution in [3.05, 3.63) is 42.0 Å². The van der Waals surface area contributed by atoms with Gasteiger partial charge in [-0.05, 0) is 43.7 Å². The van der Waals surface area contributed by atoms with Crippen LogP contribution in [0.1, 0.15) is 76.7 Å². The predicted octanol–water partition coefficient (Wildman–Crippen LogP) is 6.48. The lowest BCUT2D eigenvalue weighted by Gasteiger charge is -2.10. The number of benzene rings is 1. The molecule has 2 heteroatoms. The third-order valence-corrected chi connectivity index (χ3v) is 4.76. The van der Waals surface area contributed by atoms with Crippen molar-refractivity contribution < 1.29 is 9.47 Å². The van der Waals surface area contributed by atoms with Gasteiger partial charge in [0.1, 0.15) is 18.5 Å². The molecule has 0 spiro atoms. The predicted molar refractivity (Wildman–Crippen MR) is 106 cm³/mol. The van der Waals surface area contributed by atoms with E-state index in [1.807, 2.05) is 0 Å². The fraction of sp³-hybridized carbons (Fsp3) is 0.652. The maximum atomic E-state index is 5.89. The zero-order valence-corrected chi connectivity index (χ0v) is 16.1. The van der Waals surface area contributed by atoms with E-state index in [-0.39, 0.29) is 0 Å². The second kappa shape index (κ2) is 13.0. The van der Waals surface area contributed by atoms with Gasteiger partial charge in [0.15, 0.2) is 0 Å². The van der Waals surface area contributed by atoms with Crippen LogP contribution in [0, 0.1) is 0 Å². The van der Waals surface area contributed by atoms with Crippen LogP contribution in [-0.4, -0.2) is 19.3 Å². The Hall–Kier alpha value is -1.28. The highest BCUT2D eigenvalue weighted by molar-refractivity contribution is 5.33. The number of aryl methyl sites for hydroxylation is 1. The first kappa shape index (κ1) is 20.0. The Morgan fingerprint density at radius 3 is 2.40 bits per heavy atom. The number of rotatable bonds is 15. The van der Waals surface area contributed by atoms with Gasteiger partial charge in [0.05, 0.1) is 6.61 Å². The Kier molecular flexibility index (Phi) is 10.4. The molecule has 25 heavy (non-hydrogen) atoms. The smallest absolute Gasteiger partial charge is 0.122 e. The molecule has 0 N–H and O–H groups in total. The van der Waals surface area contributed by atoms with Gasteiger partial charge in [0, 0.05) is 0 Å². The first-order chi connectivity index (χ1) is 12.4. The van der Waals surface area contributed by atoms with E-state index in [0.717, 1.165) is 18.8 Å². The van der Waals surface area contributed by atoms with Gasteiger partial charge < -0.3 is 9.47 Å². The molecule has 1 atom stereocenters. The fourth-order valence-corrected chi connectivity index (χ4v) is 3.04. The van der Waals surface area contributed by atoms with Gasteiger partial charge in [0.25, 0.3) is 0 Å². The second-order valence-corrected chi connectivity index (χ2v) is 7.15. The lowest BCUT2D eigenvalue weighted by molar-refractivity contribution is 0.261. The molecule has 0 amide bonds. The van der Waals surface area contributed by atoms with E-state index in [2.05, 4.69) is 43.3 Å². The van der Waals surface area contributed by atoms with Crippen LogP contribution in [0.5, 0.6) is 5.75 Å². The maximum absolute atomic E-state index is 5.89. The summed E-state index contributed by atoms with van der Waals surface area (Å²) in [6, 6.07) is 8.47. The van der Waals surface area contributed by atoms with Crippen LogP contribution >= 0.6 is 0 Å². The minimum absolute atomic E-state index is 0.328. The zero-order valence-electron chi connectivity index (χ0n) is 16.1. The molecule has 1 unspecified atom stereocenters. The summed E-state index contributed by atoms with van der Waals surface area (Å²) < 4.78 is 11.1. The third kappa shape index (κ3) is 9.69. The van der Waals surface area contributed by atoms with Crippen LogP contribution in [0.4, 0.5) is 0 Å². The molecule has 1 aromatic carbocycles. The number of hydrogen-bond acceptors (Lipinski definition) is 2. The van der Waals surface area contributed by atoms with Crippen LogP contribution in [0.15, 0.2) is 36.4 Å². The van der Waals surface area contributed by atoms with E-state index in [1.54, 1.807) is 0 Å². The van der Waals surface area contributed by atoms with E-state index < -0.39 is 0 Å². The van der Waals surface area contributed by atoms with Crippen molar-refractivity contribution >= 4 is 0 Å². The molecule has 1 fully saturated rings. The fourth-order valence-electron chi connectivity index (χ4n) is 3.04. The van der Waals surface area contributed by atoms with E-state index in [0.29, 0.717) is 12.7 Å². The number of para-hydroxylation sites is 1. The molecule has 0 aromatic heterocycles. The Bertz CT molecular complexity index is 477. The van der Waals surface area contributed by atoms with Gasteiger partial charge in [-0.25, -0.2) is 0 Å². The summed E-state index contributed by atoms with van der Waals surface area (Å²) in [5.41, 5.74) is 1.35. The molecule has 0 saturated carbocycles. The molecule has 0 bridgehead atoms. The van der Waals surface area contributed by atoms with E-state index in [9.17, 15) is 0 Å². The summed E-state index contributed by atoms with van der Waals surface area (Å²) in [6.07, 6.45) is 19.4. The highest BCUT2D eigenvalue weighted by Gasteiger charge is 2.23. The molecule has 0 radical (unpaired) electrons. The minimum atomic E-state index is 0.328. The van der Waals surface area contributed by atoms with Crippen LogP contribution in [0.3, 0.4) is 0 Å². The number of epoxide rings is 1. The van der Waals surface area contributed by atoms with Gasteiger partial charge in [-0.3, -0.25) is 0 Å². The van der Waals surface area contributed by atoms with E-state index >= 15 is 0 Å². The summed E-state index contributed by atoms with van der Waals surface area (Å²) in [4.78, 5) is 0. The molecule has 1 heterocycles. The average Bonchev–Trinajstić information content (AvgIpc) is 3.46. The van der Waals surface area contributed by atoms with E-state index in [4.69, 9.17) is 9.47 Å². The summed E-state index contributed by atoms with van der Waals surface area (Å²) in [7, 11) is 0. The van der Waals surface area contributed by atoms with Crippen molar-refractivity contribution in [2.45, 2.75) is 83.7 Å². The molecule has 1 aliphatic heterocycles. The van der Waals surface area contributed by atoms with Crippen molar-refractivity contribution in [1.82, 2.24) is 0 Å². The van der Waals surface area contributed by atoms with Crippen LogP contribution < -0.4 is 4.74 Å². The van der Waals surface area contributed by atoms with Crippen molar-refractivity contribution in [3.63, 3.8) is 0 Å². The van der Waals surface area contributed by atoms with E-state index in [1.165, 1.54) is 69.8 Å². The lowest BCUT2D eigenvalue weighted by Crippen LogP contribution is -2.05. The van der Waals surface area contributed by atoms with Gasteiger partial charge in [-0.1, -0.05) is 75.8 Å². The molecule has 1 saturated heterocycles. The largest absolute Gasteiger partial charge is 0.491 e. The Morgan fingerprint density at radius 2 is 1.64 bits per heavy atom. The molecular formula is C23H36O2. The van der Waals surface area contributed by atoms with Crippen molar-refractivity contribution in [3.8, 4) is 5.75 Å². The molecule has 1 aromatic rings. The Labute approximate surface area is 154 Å². The topological polar surface area (TPSA) is 21.8 Å². The standard InChI is InChI=1S/C23H36O2/c1-2-3-4-5-6-7-8-9-10-11-12-13-16-21-17-14-15-18-23(21)25-20-22-19-24-22/h5-6,14-15,17-18,22H,2-4,7-13,16,19-20H2,1H3/b6-5+. The Morgan fingerprint density at radius 1 is 0.960 bits per heavy atom. The molecule has 140 valence electrons. The van der Waals surface area contributed by atoms with Crippen LogP contribution in [0.2, 0.25) is 0 Å². The first-order valence-electron chi connectivity index (χ1n) is 10.4. The SMILES string of the molecule is CCCC/C=C/CCCCCCCCc1ccccc1OCC1CO1. The number of ether oxygens (including phenoxy) is 2.